The predicted molar refractivity (Wildman–Crippen MR) is 58.2 cm³/mol. The van der Waals surface area contributed by atoms with Gasteiger partial charge in [0.25, 0.3) is 0 Å². The van der Waals surface area contributed by atoms with Crippen molar-refractivity contribution in [2.45, 2.75) is 13.3 Å². The molecule has 0 fully saturated rings. The standard InChI is InChI=1S/C10H13NOS/c1-7-8(6-10(11)13)4-3-5-9(7)12-2/h3-5H,6H2,1-2H3,(H2,11,13). The van der Waals surface area contributed by atoms with Gasteiger partial charge in [-0.15, -0.1) is 0 Å². The Morgan fingerprint density at radius 3 is 2.77 bits per heavy atom. The summed E-state index contributed by atoms with van der Waals surface area (Å²) in [6.45, 7) is 2.01. The van der Waals surface area contributed by atoms with Gasteiger partial charge >= 0.3 is 0 Å². The maximum atomic E-state index is 5.48. The lowest BCUT2D eigenvalue weighted by Crippen LogP contribution is -2.12. The Bertz CT molecular complexity index is 323. The molecule has 0 aromatic heterocycles. The van der Waals surface area contributed by atoms with E-state index in [4.69, 9.17) is 22.7 Å². The summed E-state index contributed by atoms with van der Waals surface area (Å²) in [4.78, 5) is 0.511. The van der Waals surface area contributed by atoms with E-state index in [1.165, 1.54) is 0 Å². The number of hydrogen-bond acceptors (Lipinski definition) is 2. The maximum Gasteiger partial charge on any atom is 0.122 e. The molecule has 0 aliphatic carbocycles. The fourth-order valence-electron chi connectivity index (χ4n) is 1.26. The van der Waals surface area contributed by atoms with Crippen molar-refractivity contribution in [3.63, 3.8) is 0 Å². The number of rotatable bonds is 3. The summed E-state index contributed by atoms with van der Waals surface area (Å²) < 4.78 is 5.18. The molecule has 2 nitrogen and oxygen atoms in total. The van der Waals surface area contributed by atoms with Gasteiger partial charge in [-0.3, -0.25) is 0 Å². The normalized spacial score (nSPS) is 9.69. The van der Waals surface area contributed by atoms with Gasteiger partial charge in [0.2, 0.25) is 0 Å². The second-order valence-electron chi connectivity index (χ2n) is 2.89. The summed E-state index contributed by atoms with van der Waals surface area (Å²) in [5.41, 5.74) is 7.72. The topological polar surface area (TPSA) is 35.2 Å². The minimum absolute atomic E-state index is 0.511. The number of nitrogens with two attached hydrogens (primary N) is 1. The van der Waals surface area contributed by atoms with Crippen LogP contribution in [0.15, 0.2) is 18.2 Å². The fourth-order valence-corrected chi connectivity index (χ4v) is 1.42. The van der Waals surface area contributed by atoms with E-state index in [0.29, 0.717) is 11.4 Å². The molecule has 0 aliphatic heterocycles. The maximum absolute atomic E-state index is 5.48. The molecule has 0 aliphatic rings. The lowest BCUT2D eigenvalue weighted by Gasteiger charge is -2.08. The third kappa shape index (κ3) is 2.42. The molecule has 0 bridgehead atoms. The third-order valence-electron chi connectivity index (χ3n) is 1.98. The zero-order chi connectivity index (χ0) is 9.84. The van der Waals surface area contributed by atoms with Gasteiger partial charge < -0.3 is 10.5 Å². The van der Waals surface area contributed by atoms with E-state index < -0.39 is 0 Å². The number of hydrogen-bond donors (Lipinski definition) is 1. The quantitative estimate of drug-likeness (QED) is 0.747. The van der Waals surface area contributed by atoms with Gasteiger partial charge in [0, 0.05) is 6.42 Å². The van der Waals surface area contributed by atoms with Gasteiger partial charge in [0.1, 0.15) is 5.75 Å². The van der Waals surface area contributed by atoms with Crippen molar-refractivity contribution in [3.05, 3.63) is 29.3 Å². The molecule has 1 aromatic carbocycles. The number of thiocarbonyl (C=S) groups is 1. The van der Waals surface area contributed by atoms with Crippen LogP contribution in [-0.4, -0.2) is 12.1 Å². The molecule has 0 radical (unpaired) electrons. The summed E-state index contributed by atoms with van der Waals surface area (Å²) >= 11 is 4.85. The van der Waals surface area contributed by atoms with Crippen LogP contribution in [0.1, 0.15) is 11.1 Å². The smallest absolute Gasteiger partial charge is 0.122 e. The highest BCUT2D eigenvalue weighted by atomic mass is 32.1. The summed E-state index contributed by atoms with van der Waals surface area (Å²) in [6.07, 6.45) is 0.637. The lowest BCUT2D eigenvalue weighted by molar-refractivity contribution is 0.411. The van der Waals surface area contributed by atoms with Crippen LogP contribution in [0, 0.1) is 6.92 Å². The summed E-state index contributed by atoms with van der Waals surface area (Å²) in [5, 5.41) is 0. The summed E-state index contributed by atoms with van der Waals surface area (Å²) in [6, 6.07) is 5.88. The number of methoxy groups -OCH3 is 1. The first-order chi connectivity index (χ1) is 6.15. The molecule has 0 spiro atoms. The SMILES string of the molecule is COc1cccc(CC(N)=S)c1C. The van der Waals surface area contributed by atoms with Gasteiger partial charge in [-0.2, -0.15) is 0 Å². The van der Waals surface area contributed by atoms with Crippen LogP contribution in [0.4, 0.5) is 0 Å². The van der Waals surface area contributed by atoms with E-state index >= 15 is 0 Å². The van der Waals surface area contributed by atoms with Crippen molar-refractivity contribution < 1.29 is 4.74 Å². The van der Waals surface area contributed by atoms with Gasteiger partial charge in [-0.1, -0.05) is 24.4 Å². The molecule has 0 saturated heterocycles. The van der Waals surface area contributed by atoms with Crippen molar-refractivity contribution in [2.75, 3.05) is 7.11 Å². The molecule has 13 heavy (non-hydrogen) atoms. The van der Waals surface area contributed by atoms with E-state index in [1.807, 2.05) is 25.1 Å². The van der Waals surface area contributed by atoms with E-state index in [1.54, 1.807) is 7.11 Å². The first-order valence-electron chi connectivity index (χ1n) is 4.06. The van der Waals surface area contributed by atoms with Gasteiger partial charge in [-0.25, -0.2) is 0 Å². The molecule has 70 valence electrons. The lowest BCUT2D eigenvalue weighted by atomic mass is 10.1. The average Bonchev–Trinajstić information content (AvgIpc) is 2.08. The van der Waals surface area contributed by atoms with Crippen LogP contribution in [0.2, 0.25) is 0 Å². The summed E-state index contributed by atoms with van der Waals surface area (Å²) in [5.74, 6) is 0.883. The molecular weight excluding hydrogens is 182 g/mol. The van der Waals surface area contributed by atoms with Crippen LogP contribution in [0.3, 0.4) is 0 Å². The molecule has 1 aromatic rings. The monoisotopic (exact) mass is 195 g/mol. The molecule has 0 unspecified atom stereocenters. The van der Waals surface area contributed by atoms with Gasteiger partial charge in [-0.05, 0) is 24.1 Å². The highest BCUT2D eigenvalue weighted by Gasteiger charge is 2.04. The molecule has 0 amide bonds. The van der Waals surface area contributed by atoms with E-state index in [2.05, 4.69) is 0 Å². The third-order valence-corrected chi connectivity index (χ3v) is 2.13. The first kappa shape index (κ1) is 9.99. The van der Waals surface area contributed by atoms with Gasteiger partial charge in [0.05, 0.1) is 12.1 Å². The minimum atomic E-state index is 0.511. The fraction of sp³-hybridized carbons (Fsp3) is 0.300. The molecule has 0 atom stereocenters. The molecule has 0 saturated carbocycles. The van der Waals surface area contributed by atoms with Crippen molar-refractivity contribution in [1.82, 2.24) is 0 Å². The highest BCUT2D eigenvalue weighted by Crippen LogP contribution is 2.20. The molecule has 2 N–H and O–H groups in total. The Hall–Kier alpha value is -1.09. The molecule has 0 heterocycles. The Labute approximate surface area is 83.7 Å². The zero-order valence-electron chi connectivity index (χ0n) is 7.83. The van der Waals surface area contributed by atoms with E-state index in [-0.39, 0.29) is 0 Å². The zero-order valence-corrected chi connectivity index (χ0v) is 8.65. The van der Waals surface area contributed by atoms with Gasteiger partial charge in [0.15, 0.2) is 0 Å². The van der Waals surface area contributed by atoms with E-state index in [9.17, 15) is 0 Å². The van der Waals surface area contributed by atoms with Crippen LogP contribution in [0.5, 0.6) is 5.75 Å². The average molecular weight is 195 g/mol. The minimum Gasteiger partial charge on any atom is -0.496 e. The molecular formula is C10H13NOS. The number of ether oxygens (including phenoxy) is 1. The second-order valence-corrected chi connectivity index (χ2v) is 3.41. The van der Waals surface area contributed by atoms with Crippen LogP contribution < -0.4 is 10.5 Å². The molecule has 3 heteroatoms. The first-order valence-corrected chi connectivity index (χ1v) is 4.46. The van der Waals surface area contributed by atoms with Crippen molar-refractivity contribution >= 4 is 17.2 Å². The van der Waals surface area contributed by atoms with Crippen molar-refractivity contribution in [3.8, 4) is 5.75 Å². The summed E-state index contributed by atoms with van der Waals surface area (Å²) in [7, 11) is 1.66. The Kier molecular flexibility index (Phi) is 3.25. The Balaban J connectivity index is 3.01. The predicted octanol–water partition coefficient (Wildman–Crippen LogP) is 1.83. The van der Waals surface area contributed by atoms with E-state index in [0.717, 1.165) is 16.9 Å². The highest BCUT2D eigenvalue weighted by molar-refractivity contribution is 7.80. The molecule has 1 rings (SSSR count). The Morgan fingerprint density at radius 1 is 1.54 bits per heavy atom. The number of benzene rings is 1. The van der Waals surface area contributed by atoms with Crippen molar-refractivity contribution in [1.29, 1.82) is 0 Å². The largest absolute Gasteiger partial charge is 0.496 e. The van der Waals surface area contributed by atoms with Crippen LogP contribution in [0.25, 0.3) is 0 Å². The second kappa shape index (κ2) is 4.23. The van der Waals surface area contributed by atoms with Crippen LogP contribution in [-0.2, 0) is 6.42 Å². The van der Waals surface area contributed by atoms with Crippen molar-refractivity contribution in [2.24, 2.45) is 5.73 Å². The van der Waals surface area contributed by atoms with Crippen LogP contribution >= 0.6 is 12.2 Å². The Morgan fingerprint density at radius 2 is 2.23 bits per heavy atom.